The number of hydrogen-bond acceptors (Lipinski definition) is 7. The number of benzene rings is 2. The van der Waals surface area contributed by atoms with Crippen LogP contribution in [0, 0.1) is 0 Å². The SMILES string of the molecule is COc1c(O)cc2oc3cc4c(c(OCCCCCC(=O)O)c3c(=O)c2c1CC=C(C)C)C=CC(C)(C)O4. The second-order valence-electron chi connectivity index (χ2n) is 10.3. The molecule has 0 bridgehead atoms. The molecule has 0 fully saturated rings. The van der Waals surface area contributed by atoms with E-state index in [9.17, 15) is 14.7 Å². The standard InChI is InChI=1S/C30H34O8/c1-17(2)10-11-19-25-22(15-20(31)28(19)35-5)37-23-16-21-18(12-13-30(3,4)38-21)29(26(23)27(25)34)36-14-8-6-7-9-24(32)33/h10,12-13,15-16,31H,6-9,11,14H2,1-5H3,(H,32,33). The molecule has 0 spiro atoms. The fourth-order valence-electron chi connectivity index (χ4n) is 4.63. The number of methoxy groups -OCH3 is 1. The van der Waals surface area contributed by atoms with Gasteiger partial charge in [0, 0.05) is 24.1 Å². The van der Waals surface area contributed by atoms with E-state index in [4.69, 9.17) is 23.7 Å². The Morgan fingerprint density at radius 3 is 2.50 bits per heavy atom. The molecule has 3 aromatic rings. The number of carboxylic acids is 1. The minimum Gasteiger partial charge on any atom is -0.504 e. The first-order valence-corrected chi connectivity index (χ1v) is 12.7. The molecule has 4 rings (SSSR count). The Labute approximate surface area is 221 Å². The van der Waals surface area contributed by atoms with E-state index in [-0.39, 0.29) is 39.9 Å². The summed E-state index contributed by atoms with van der Waals surface area (Å²) in [6.07, 6.45) is 8.09. The van der Waals surface area contributed by atoms with E-state index in [2.05, 4.69) is 0 Å². The number of carbonyl (C=O) groups is 1. The number of aromatic hydroxyl groups is 1. The average Bonchev–Trinajstić information content (AvgIpc) is 2.82. The smallest absolute Gasteiger partial charge is 0.303 e. The zero-order chi connectivity index (χ0) is 27.6. The van der Waals surface area contributed by atoms with Crippen LogP contribution in [0.2, 0.25) is 0 Å². The van der Waals surface area contributed by atoms with E-state index >= 15 is 0 Å². The summed E-state index contributed by atoms with van der Waals surface area (Å²) in [6.45, 7) is 8.06. The van der Waals surface area contributed by atoms with Gasteiger partial charge in [-0.1, -0.05) is 11.6 Å². The molecule has 2 heterocycles. The Kier molecular flexibility index (Phi) is 7.71. The number of aliphatic carboxylic acids is 1. The van der Waals surface area contributed by atoms with Gasteiger partial charge in [-0.2, -0.15) is 0 Å². The third kappa shape index (κ3) is 5.49. The summed E-state index contributed by atoms with van der Waals surface area (Å²) in [4.78, 5) is 25.0. The van der Waals surface area contributed by atoms with E-state index in [1.54, 1.807) is 6.07 Å². The Bertz CT molecular complexity index is 1500. The van der Waals surface area contributed by atoms with Crippen LogP contribution in [0.15, 0.2) is 39.1 Å². The van der Waals surface area contributed by atoms with Crippen LogP contribution in [0.3, 0.4) is 0 Å². The zero-order valence-electron chi connectivity index (χ0n) is 22.5. The molecule has 0 radical (unpaired) electrons. The van der Waals surface area contributed by atoms with Crippen molar-refractivity contribution in [1.29, 1.82) is 0 Å². The van der Waals surface area contributed by atoms with Gasteiger partial charge in [-0.3, -0.25) is 9.59 Å². The third-order valence-corrected chi connectivity index (χ3v) is 6.47. The van der Waals surface area contributed by atoms with Crippen LogP contribution < -0.4 is 19.6 Å². The van der Waals surface area contributed by atoms with Gasteiger partial charge in [0.05, 0.1) is 24.7 Å². The monoisotopic (exact) mass is 522 g/mol. The minimum absolute atomic E-state index is 0.105. The van der Waals surface area contributed by atoms with Crippen molar-refractivity contribution < 1.29 is 33.6 Å². The van der Waals surface area contributed by atoms with E-state index in [0.717, 1.165) is 5.57 Å². The van der Waals surface area contributed by atoms with E-state index < -0.39 is 11.6 Å². The van der Waals surface area contributed by atoms with Crippen molar-refractivity contribution in [2.45, 2.75) is 65.4 Å². The van der Waals surface area contributed by atoms with E-state index in [1.165, 1.54) is 13.2 Å². The van der Waals surface area contributed by atoms with Gasteiger partial charge in [-0.15, -0.1) is 0 Å². The van der Waals surface area contributed by atoms with Crippen LogP contribution in [-0.4, -0.2) is 35.5 Å². The van der Waals surface area contributed by atoms with Crippen LogP contribution >= 0.6 is 0 Å². The average molecular weight is 523 g/mol. The number of ether oxygens (including phenoxy) is 3. The number of rotatable bonds is 10. The highest BCUT2D eigenvalue weighted by Crippen LogP contribution is 2.44. The fourth-order valence-corrected chi connectivity index (χ4v) is 4.63. The van der Waals surface area contributed by atoms with Gasteiger partial charge in [0.25, 0.3) is 0 Å². The number of phenolic OH excluding ortho intramolecular Hbond substituents is 1. The van der Waals surface area contributed by atoms with Crippen molar-refractivity contribution in [1.82, 2.24) is 0 Å². The van der Waals surface area contributed by atoms with Gasteiger partial charge in [-0.05, 0) is 65.5 Å². The molecule has 2 N–H and O–H groups in total. The lowest BCUT2D eigenvalue weighted by molar-refractivity contribution is -0.137. The molecule has 0 saturated heterocycles. The maximum absolute atomic E-state index is 14.1. The molecule has 1 aliphatic heterocycles. The van der Waals surface area contributed by atoms with Gasteiger partial charge in [-0.25, -0.2) is 0 Å². The fraction of sp³-hybridized carbons (Fsp3) is 0.400. The van der Waals surface area contributed by atoms with E-state index in [1.807, 2.05) is 45.9 Å². The van der Waals surface area contributed by atoms with Crippen LogP contribution in [0.5, 0.6) is 23.0 Å². The summed E-state index contributed by atoms with van der Waals surface area (Å²) in [5, 5.41) is 20.1. The summed E-state index contributed by atoms with van der Waals surface area (Å²) in [5.41, 5.74) is 1.90. The summed E-state index contributed by atoms with van der Waals surface area (Å²) in [6, 6.07) is 3.08. The molecule has 38 heavy (non-hydrogen) atoms. The first-order chi connectivity index (χ1) is 18.0. The molecule has 1 aliphatic rings. The summed E-state index contributed by atoms with van der Waals surface area (Å²) >= 11 is 0. The van der Waals surface area contributed by atoms with Crippen LogP contribution in [0.4, 0.5) is 0 Å². The summed E-state index contributed by atoms with van der Waals surface area (Å²) in [7, 11) is 1.45. The molecule has 2 aromatic carbocycles. The lowest BCUT2D eigenvalue weighted by atomic mass is 9.97. The Balaban J connectivity index is 1.92. The third-order valence-electron chi connectivity index (χ3n) is 6.47. The molecule has 8 nitrogen and oxygen atoms in total. The topological polar surface area (TPSA) is 115 Å². The molecule has 0 saturated carbocycles. The molecule has 0 amide bonds. The van der Waals surface area contributed by atoms with E-state index in [0.29, 0.717) is 60.3 Å². The maximum atomic E-state index is 14.1. The van der Waals surface area contributed by atoms with Crippen molar-refractivity contribution >= 4 is 34.0 Å². The number of hydrogen-bond donors (Lipinski definition) is 2. The number of allylic oxidation sites excluding steroid dienone is 2. The van der Waals surface area contributed by atoms with Crippen molar-refractivity contribution in [3.8, 4) is 23.0 Å². The van der Waals surface area contributed by atoms with Gasteiger partial charge >= 0.3 is 5.97 Å². The van der Waals surface area contributed by atoms with Crippen molar-refractivity contribution in [3.05, 3.63) is 51.2 Å². The van der Waals surface area contributed by atoms with Crippen molar-refractivity contribution in [3.63, 3.8) is 0 Å². The molecule has 0 unspecified atom stereocenters. The van der Waals surface area contributed by atoms with Crippen LogP contribution in [0.25, 0.3) is 28.0 Å². The second-order valence-corrected chi connectivity index (χ2v) is 10.3. The molecule has 0 aliphatic carbocycles. The molecule has 8 heteroatoms. The Morgan fingerprint density at radius 2 is 1.82 bits per heavy atom. The van der Waals surface area contributed by atoms with Gasteiger partial charge in [0.15, 0.2) is 11.5 Å². The van der Waals surface area contributed by atoms with Gasteiger partial charge in [0.1, 0.15) is 33.7 Å². The number of unbranched alkanes of at least 4 members (excludes halogenated alkanes) is 2. The maximum Gasteiger partial charge on any atom is 0.303 e. The largest absolute Gasteiger partial charge is 0.504 e. The quantitative estimate of drug-likeness (QED) is 0.179. The van der Waals surface area contributed by atoms with Crippen molar-refractivity contribution in [2.24, 2.45) is 0 Å². The normalized spacial score (nSPS) is 13.7. The predicted molar refractivity (Wildman–Crippen MR) is 147 cm³/mol. The Morgan fingerprint density at radius 1 is 1.08 bits per heavy atom. The number of carboxylic acid groups (broad SMARTS) is 1. The summed E-state index contributed by atoms with van der Waals surface area (Å²) in [5.74, 6) is 0.171. The highest BCUT2D eigenvalue weighted by atomic mass is 16.5. The molecular weight excluding hydrogens is 488 g/mol. The molecular formula is C30H34O8. The molecule has 1 aromatic heterocycles. The van der Waals surface area contributed by atoms with Gasteiger partial charge < -0.3 is 28.8 Å². The lowest BCUT2D eigenvalue weighted by Crippen LogP contribution is -2.27. The number of fused-ring (bicyclic) bond motifs is 3. The zero-order valence-corrected chi connectivity index (χ0v) is 22.5. The van der Waals surface area contributed by atoms with Crippen LogP contribution in [0.1, 0.15) is 64.5 Å². The first-order valence-electron chi connectivity index (χ1n) is 12.7. The molecule has 202 valence electrons. The highest BCUT2D eigenvalue weighted by molar-refractivity contribution is 5.99. The summed E-state index contributed by atoms with van der Waals surface area (Å²) < 4.78 is 24.1. The number of phenols is 1. The minimum atomic E-state index is -0.825. The van der Waals surface area contributed by atoms with Crippen molar-refractivity contribution in [2.75, 3.05) is 13.7 Å². The first kappa shape index (κ1) is 27.1. The molecule has 0 atom stereocenters. The van der Waals surface area contributed by atoms with Gasteiger partial charge in [0.2, 0.25) is 5.43 Å². The predicted octanol–water partition coefficient (Wildman–Crippen LogP) is 6.38. The van der Waals surface area contributed by atoms with Crippen LogP contribution in [-0.2, 0) is 11.2 Å². The highest BCUT2D eigenvalue weighted by Gasteiger charge is 2.29. The second kappa shape index (κ2) is 10.8. The Hall–Kier alpha value is -3.94. The lowest BCUT2D eigenvalue weighted by Gasteiger charge is -2.29.